The van der Waals surface area contributed by atoms with Gasteiger partial charge in [0, 0.05) is 51.3 Å². The molecule has 0 saturated carbocycles. The Kier molecular flexibility index (Phi) is 6.14. The van der Waals surface area contributed by atoms with Crippen LogP contribution in [0.15, 0.2) is 30.5 Å². The van der Waals surface area contributed by atoms with E-state index in [4.69, 9.17) is 18.9 Å². The van der Waals surface area contributed by atoms with Crippen LogP contribution in [0.5, 0.6) is 0 Å². The zero-order chi connectivity index (χ0) is 22.1. The molecule has 2 heterocycles. The van der Waals surface area contributed by atoms with Crippen molar-refractivity contribution in [3.05, 3.63) is 36.0 Å². The Bertz CT molecular complexity index is 967. The number of hydrogen-bond acceptors (Lipinski definition) is 8. The summed E-state index contributed by atoms with van der Waals surface area (Å²) in [7, 11) is 1.87. The van der Waals surface area contributed by atoms with Crippen molar-refractivity contribution in [3.63, 3.8) is 0 Å². The normalized spacial score (nSPS) is 26.2. The lowest BCUT2D eigenvalue weighted by Crippen LogP contribution is -2.64. The zero-order valence-electron chi connectivity index (χ0n) is 17.3. The lowest BCUT2D eigenvalue weighted by molar-refractivity contribution is -0.324. The topological polar surface area (TPSA) is 113 Å². The van der Waals surface area contributed by atoms with Gasteiger partial charge in [-0.25, -0.2) is 0 Å². The highest BCUT2D eigenvalue weighted by Crippen LogP contribution is 2.35. The molecule has 1 N–H and O–H groups in total. The number of esters is 3. The van der Waals surface area contributed by atoms with E-state index < -0.39 is 42.0 Å². The van der Waals surface area contributed by atoms with Crippen molar-refractivity contribution in [2.75, 3.05) is 6.61 Å². The van der Waals surface area contributed by atoms with Crippen molar-refractivity contribution in [1.29, 1.82) is 0 Å². The smallest absolute Gasteiger partial charge is 0.303 e. The Morgan fingerprint density at radius 1 is 1.10 bits per heavy atom. The molecule has 1 aromatic heterocycles. The number of fused-ring (bicyclic) bond motifs is 1. The number of benzene rings is 1. The Balaban J connectivity index is 2.00. The fraction of sp³-hybridized carbons (Fsp3) is 0.476. The molecule has 1 fully saturated rings. The molecule has 0 aliphatic carbocycles. The van der Waals surface area contributed by atoms with Gasteiger partial charge in [-0.1, -0.05) is 18.2 Å². The first-order valence-corrected chi connectivity index (χ1v) is 9.51. The molecule has 4 atom stereocenters. The highest BCUT2D eigenvalue weighted by Gasteiger charge is 2.55. The molecule has 0 unspecified atom stereocenters. The predicted octanol–water partition coefficient (Wildman–Crippen LogP) is 1.23. The SMILES string of the molecule is CC(=O)O[C@@H]1[C@@H](OC(C)=O)CO[C@](O)(Cc2cn(C)c3ccccc23)[C@H]1OC(C)=O. The van der Waals surface area contributed by atoms with Crippen molar-refractivity contribution in [2.45, 2.75) is 51.3 Å². The molecule has 9 nitrogen and oxygen atoms in total. The van der Waals surface area contributed by atoms with Crippen molar-refractivity contribution < 1.29 is 38.4 Å². The van der Waals surface area contributed by atoms with Gasteiger partial charge in [0.1, 0.15) is 0 Å². The van der Waals surface area contributed by atoms with Crippen molar-refractivity contribution in [2.24, 2.45) is 7.05 Å². The molecule has 1 aliphatic heterocycles. The minimum Gasteiger partial charge on any atom is -0.456 e. The maximum absolute atomic E-state index is 11.8. The van der Waals surface area contributed by atoms with Crippen LogP contribution in [0.4, 0.5) is 0 Å². The first kappa shape index (κ1) is 21.8. The summed E-state index contributed by atoms with van der Waals surface area (Å²) in [5.74, 6) is -4.02. The Labute approximate surface area is 173 Å². The van der Waals surface area contributed by atoms with Gasteiger partial charge < -0.3 is 28.6 Å². The first-order valence-electron chi connectivity index (χ1n) is 9.51. The van der Waals surface area contributed by atoms with Gasteiger partial charge in [-0.2, -0.15) is 0 Å². The van der Waals surface area contributed by atoms with Gasteiger partial charge in [-0.05, 0) is 11.6 Å². The Morgan fingerprint density at radius 3 is 2.37 bits per heavy atom. The summed E-state index contributed by atoms with van der Waals surface area (Å²) in [6, 6.07) is 7.62. The summed E-state index contributed by atoms with van der Waals surface area (Å²) in [5.41, 5.74) is 1.70. The molecular weight excluding hydrogens is 394 g/mol. The monoisotopic (exact) mass is 419 g/mol. The largest absolute Gasteiger partial charge is 0.456 e. The summed E-state index contributed by atoms with van der Waals surface area (Å²) >= 11 is 0. The lowest BCUT2D eigenvalue weighted by atomic mass is 9.91. The van der Waals surface area contributed by atoms with Crippen LogP contribution in [0.25, 0.3) is 10.9 Å². The predicted molar refractivity (Wildman–Crippen MR) is 104 cm³/mol. The van der Waals surface area contributed by atoms with E-state index in [9.17, 15) is 19.5 Å². The number of rotatable bonds is 5. The van der Waals surface area contributed by atoms with Crippen LogP contribution in [-0.4, -0.2) is 58.3 Å². The molecule has 0 spiro atoms. The molecule has 3 rings (SSSR count). The number of aliphatic hydroxyl groups is 1. The second-order valence-electron chi connectivity index (χ2n) is 7.37. The van der Waals surface area contributed by atoms with Crippen LogP contribution in [0.2, 0.25) is 0 Å². The lowest BCUT2D eigenvalue weighted by Gasteiger charge is -2.45. The third kappa shape index (κ3) is 4.47. The van der Waals surface area contributed by atoms with Gasteiger partial charge in [-0.3, -0.25) is 14.4 Å². The van der Waals surface area contributed by atoms with Crippen molar-refractivity contribution in [3.8, 4) is 0 Å². The summed E-state index contributed by atoms with van der Waals surface area (Å²) in [6.45, 7) is 3.30. The van der Waals surface area contributed by atoms with Crippen LogP contribution in [0, 0.1) is 0 Å². The number of aryl methyl sites for hydroxylation is 1. The number of para-hydroxylation sites is 1. The molecule has 30 heavy (non-hydrogen) atoms. The molecule has 9 heteroatoms. The third-order valence-corrected chi connectivity index (χ3v) is 4.94. The van der Waals surface area contributed by atoms with Crippen LogP contribution in [-0.2, 0) is 46.8 Å². The number of hydrogen-bond donors (Lipinski definition) is 1. The van der Waals surface area contributed by atoms with Gasteiger partial charge in [0.2, 0.25) is 5.79 Å². The maximum atomic E-state index is 11.8. The second kappa shape index (κ2) is 8.45. The van der Waals surface area contributed by atoms with Gasteiger partial charge in [0.25, 0.3) is 0 Å². The van der Waals surface area contributed by atoms with E-state index in [1.54, 1.807) is 0 Å². The van der Waals surface area contributed by atoms with Gasteiger partial charge >= 0.3 is 17.9 Å². The number of ether oxygens (including phenoxy) is 4. The van der Waals surface area contributed by atoms with E-state index in [0.29, 0.717) is 0 Å². The fourth-order valence-corrected chi connectivity index (χ4v) is 3.83. The van der Waals surface area contributed by atoms with Crippen LogP contribution >= 0.6 is 0 Å². The first-order chi connectivity index (χ1) is 14.1. The molecule has 1 aromatic carbocycles. The molecule has 2 aromatic rings. The van der Waals surface area contributed by atoms with E-state index in [-0.39, 0.29) is 13.0 Å². The molecular formula is C21H25NO8. The number of carbonyl (C=O) groups is 3. The summed E-state index contributed by atoms with van der Waals surface area (Å²) in [6.07, 6.45) is -1.88. The van der Waals surface area contributed by atoms with Crippen molar-refractivity contribution >= 4 is 28.8 Å². The van der Waals surface area contributed by atoms with E-state index in [1.165, 1.54) is 20.8 Å². The molecule has 0 bridgehead atoms. The average Bonchev–Trinajstić information content (AvgIpc) is 2.96. The van der Waals surface area contributed by atoms with Gasteiger partial charge in [0.05, 0.1) is 6.61 Å². The summed E-state index contributed by atoms with van der Waals surface area (Å²) in [4.78, 5) is 35.0. The number of nitrogens with zero attached hydrogens (tertiary/aromatic N) is 1. The molecule has 0 radical (unpaired) electrons. The summed E-state index contributed by atoms with van der Waals surface area (Å²) < 4.78 is 23.4. The summed E-state index contributed by atoms with van der Waals surface area (Å²) in [5, 5.41) is 12.3. The van der Waals surface area contributed by atoms with E-state index >= 15 is 0 Å². The number of carbonyl (C=O) groups excluding carboxylic acids is 3. The molecule has 1 saturated heterocycles. The molecule has 1 aliphatic rings. The second-order valence-corrected chi connectivity index (χ2v) is 7.37. The Hall–Kier alpha value is -2.91. The van der Waals surface area contributed by atoms with Gasteiger partial charge in [0.15, 0.2) is 18.3 Å². The molecule has 0 amide bonds. The molecule has 162 valence electrons. The minimum absolute atomic E-state index is 0.0448. The highest BCUT2D eigenvalue weighted by molar-refractivity contribution is 5.84. The van der Waals surface area contributed by atoms with Gasteiger partial charge in [-0.15, -0.1) is 0 Å². The van der Waals surface area contributed by atoms with Crippen LogP contribution < -0.4 is 0 Å². The maximum Gasteiger partial charge on any atom is 0.303 e. The standard InChI is InChI=1S/C21H25NO8/c1-12(23)28-18-11-27-21(26,20(30-14(3)25)19(18)29-13(2)24)9-15-10-22(4)17-8-6-5-7-16(15)17/h5-8,10,18-20,26H,9,11H2,1-4H3/t18-,19+,20-,21+/m0/s1. The fourth-order valence-electron chi connectivity index (χ4n) is 3.83. The van der Waals surface area contributed by atoms with E-state index in [1.807, 2.05) is 42.1 Å². The minimum atomic E-state index is -2.01. The quantitative estimate of drug-likeness (QED) is 0.569. The number of aromatic nitrogens is 1. The Morgan fingerprint density at radius 2 is 1.73 bits per heavy atom. The average molecular weight is 419 g/mol. The highest BCUT2D eigenvalue weighted by atomic mass is 16.7. The van der Waals surface area contributed by atoms with E-state index in [0.717, 1.165) is 16.5 Å². The van der Waals surface area contributed by atoms with E-state index in [2.05, 4.69) is 0 Å². The zero-order valence-corrected chi connectivity index (χ0v) is 17.3. The van der Waals surface area contributed by atoms with Crippen LogP contribution in [0.3, 0.4) is 0 Å². The van der Waals surface area contributed by atoms with Crippen LogP contribution in [0.1, 0.15) is 26.3 Å². The third-order valence-electron chi connectivity index (χ3n) is 4.94. The van der Waals surface area contributed by atoms with Crippen molar-refractivity contribution in [1.82, 2.24) is 4.57 Å².